The Morgan fingerprint density at radius 3 is 2.25 bits per heavy atom. The number of fused-ring (bicyclic) bond motifs is 3. The van der Waals surface area contributed by atoms with Crippen molar-refractivity contribution in [3.8, 4) is 11.1 Å². The van der Waals surface area contributed by atoms with Gasteiger partial charge >= 0.3 is 0 Å². The highest BCUT2D eigenvalue weighted by atomic mass is 32.1. The highest BCUT2D eigenvalue weighted by Gasteiger charge is 2.04. The van der Waals surface area contributed by atoms with Crippen LogP contribution in [0.3, 0.4) is 0 Å². The van der Waals surface area contributed by atoms with E-state index in [0.29, 0.717) is 0 Å². The third-order valence-electron chi connectivity index (χ3n) is 2.84. The van der Waals surface area contributed by atoms with Gasteiger partial charge in [0.1, 0.15) is 0 Å². The molecule has 0 heterocycles. The predicted molar refractivity (Wildman–Crippen MR) is 71.4 cm³/mol. The molecule has 76 valence electrons. The SMILES string of the molecule is S=c1cccc2cccc3ccccc3c1-2. The summed E-state index contributed by atoms with van der Waals surface area (Å²) in [7, 11) is 0. The normalized spacial score (nSPS) is 10.8. The van der Waals surface area contributed by atoms with Gasteiger partial charge in [-0.3, -0.25) is 0 Å². The van der Waals surface area contributed by atoms with Gasteiger partial charge in [0.2, 0.25) is 0 Å². The lowest BCUT2D eigenvalue weighted by molar-refractivity contribution is 1.65. The summed E-state index contributed by atoms with van der Waals surface area (Å²) in [4.78, 5) is 0. The van der Waals surface area contributed by atoms with Crippen LogP contribution in [0.5, 0.6) is 0 Å². The lowest BCUT2D eigenvalue weighted by atomic mass is 10.0. The van der Waals surface area contributed by atoms with E-state index in [4.69, 9.17) is 12.2 Å². The molecular weight excluding hydrogens is 212 g/mol. The first-order chi connectivity index (χ1) is 7.86. The lowest BCUT2D eigenvalue weighted by Crippen LogP contribution is -1.79. The van der Waals surface area contributed by atoms with E-state index in [1.165, 1.54) is 21.9 Å². The third kappa shape index (κ3) is 1.41. The van der Waals surface area contributed by atoms with Crippen molar-refractivity contribution < 1.29 is 0 Å². The van der Waals surface area contributed by atoms with Crippen LogP contribution < -0.4 is 0 Å². The van der Waals surface area contributed by atoms with Crippen LogP contribution in [0, 0.1) is 4.51 Å². The molecule has 0 amide bonds. The summed E-state index contributed by atoms with van der Waals surface area (Å²) in [6.07, 6.45) is 0. The van der Waals surface area contributed by atoms with Crippen molar-refractivity contribution in [1.82, 2.24) is 0 Å². The van der Waals surface area contributed by atoms with E-state index < -0.39 is 0 Å². The third-order valence-corrected chi connectivity index (χ3v) is 3.18. The summed E-state index contributed by atoms with van der Waals surface area (Å²) in [5.41, 5.74) is 2.38. The van der Waals surface area contributed by atoms with Crippen molar-refractivity contribution >= 4 is 23.0 Å². The van der Waals surface area contributed by atoms with Crippen LogP contribution in [-0.4, -0.2) is 0 Å². The Bertz CT molecular complexity index is 685. The van der Waals surface area contributed by atoms with Gasteiger partial charge in [-0.2, -0.15) is 0 Å². The Morgan fingerprint density at radius 2 is 1.38 bits per heavy atom. The lowest BCUT2D eigenvalue weighted by Gasteiger charge is -2.03. The summed E-state index contributed by atoms with van der Waals surface area (Å²) in [5.74, 6) is 0. The fraction of sp³-hybridized carbons (Fsp3) is 0. The molecule has 0 spiro atoms. The second kappa shape index (κ2) is 3.69. The maximum absolute atomic E-state index is 5.43. The molecule has 0 saturated carbocycles. The maximum Gasteiger partial charge on any atom is 0.0461 e. The quantitative estimate of drug-likeness (QED) is 0.498. The molecule has 0 fully saturated rings. The molecule has 16 heavy (non-hydrogen) atoms. The van der Waals surface area contributed by atoms with Crippen LogP contribution in [0.15, 0.2) is 60.7 Å². The van der Waals surface area contributed by atoms with Crippen molar-refractivity contribution in [2.75, 3.05) is 0 Å². The Balaban J connectivity index is 2.64. The van der Waals surface area contributed by atoms with Gasteiger partial charge < -0.3 is 0 Å². The molecule has 2 aliphatic carbocycles. The molecular formula is C15H10S. The first-order valence-corrected chi connectivity index (χ1v) is 5.68. The highest BCUT2D eigenvalue weighted by molar-refractivity contribution is 7.71. The smallest absolute Gasteiger partial charge is 0.0461 e. The standard InChI is InChI=1S/C15H10S/c16-14-10-4-8-12-7-3-6-11-5-1-2-9-13(11)15(12)14/h1-10H. The van der Waals surface area contributed by atoms with E-state index in [9.17, 15) is 0 Å². The zero-order valence-electron chi connectivity index (χ0n) is 8.68. The van der Waals surface area contributed by atoms with E-state index in [-0.39, 0.29) is 0 Å². The minimum Gasteiger partial charge on any atom is -0.0794 e. The number of hydrogen-bond acceptors (Lipinski definition) is 1. The fourth-order valence-electron chi connectivity index (χ4n) is 2.10. The Kier molecular flexibility index (Phi) is 2.19. The summed E-state index contributed by atoms with van der Waals surface area (Å²) >= 11 is 5.43. The van der Waals surface area contributed by atoms with Gasteiger partial charge in [0.25, 0.3) is 0 Å². The molecule has 0 aromatic heterocycles. The molecule has 0 aliphatic heterocycles. The Morgan fingerprint density at radius 1 is 0.688 bits per heavy atom. The monoisotopic (exact) mass is 222 g/mol. The molecule has 0 N–H and O–H groups in total. The van der Waals surface area contributed by atoms with Crippen molar-refractivity contribution in [3.63, 3.8) is 0 Å². The predicted octanol–water partition coefficient (Wildman–Crippen LogP) is 4.67. The summed E-state index contributed by atoms with van der Waals surface area (Å²) < 4.78 is 0.921. The number of hydrogen-bond donors (Lipinski definition) is 0. The molecule has 2 aliphatic rings. The molecule has 0 saturated heterocycles. The van der Waals surface area contributed by atoms with Gasteiger partial charge in [-0.1, -0.05) is 66.8 Å². The molecule has 0 unspecified atom stereocenters. The van der Waals surface area contributed by atoms with Gasteiger partial charge in [-0.15, -0.1) is 0 Å². The van der Waals surface area contributed by atoms with E-state index in [2.05, 4.69) is 48.5 Å². The molecule has 0 radical (unpaired) electrons. The zero-order valence-corrected chi connectivity index (χ0v) is 9.50. The average Bonchev–Trinajstić information content (AvgIpc) is 2.49. The summed E-state index contributed by atoms with van der Waals surface area (Å²) in [5, 5.41) is 2.46. The van der Waals surface area contributed by atoms with E-state index in [0.717, 1.165) is 4.51 Å². The molecule has 1 aromatic carbocycles. The summed E-state index contributed by atoms with van der Waals surface area (Å²) in [6, 6.07) is 20.8. The van der Waals surface area contributed by atoms with Crippen molar-refractivity contribution in [3.05, 3.63) is 65.2 Å². The minimum absolute atomic E-state index is 0.921. The van der Waals surface area contributed by atoms with Gasteiger partial charge in [0, 0.05) is 10.1 Å². The Hall–Kier alpha value is -1.73. The van der Waals surface area contributed by atoms with Crippen LogP contribution in [-0.2, 0) is 0 Å². The first kappa shape index (κ1) is 9.49. The summed E-state index contributed by atoms with van der Waals surface area (Å²) in [6.45, 7) is 0. The molecule has 1 heteroatoms. The van der Waals surface area contributed by atoms with Crippen LogP contribution in [0.4, 0.5) is 0 Å². The van der Waals surface area contributed by atoms with Crippen LogP contribution in [0.1, 0.15) is 0 Å². The molecule has 0 atom stereocenters. The van der Waals surface area contributed by atoms with Crippen LogP contribution in [0.25, 0.3) is 21.9 Å². The number of rotatable bonds is 0. The van der Waals surface area contributed by atoms with Gasteiger partial charge in [0.05, 0.1) is 0 Å². The van der Waals surface area contributed by atoms with Crippen molar-refractivity contribution in [1.29, 1.82) is 0 Å². The van der Waals surface area contributed by atoms with Crippen molar-refractivity contribution in [2.24, 2.45) is 0 Å². The fourth-order valence-corrected chi connectivity index (χ4v) is 2.41. The van der Waals surface area contributed by atoms with E-state index in [1.54, 1.807) is 0 Å². The van der Waals surface area contributed by atoms with Gasteiger partial charge in [-0.25, -0.2) is 0 Å². The molecule has 0 bridgehead atoms. The second-order valence-electron chi connectivity index (χ2n) is 3.83. The first-order valence-electron chi connectivity index (χ1n) is 5.27. The molecule has 0 nitrogen and oxygen atoms in total. The Labute approximate surface area is 99.5 Å². The highest BCUT2D eigenvalue weighted by Crippen LogP contribution is 2.29. The second-order valence-corrected chi connectivity index (χ2v) is 4.27. The van der Waals surface area contributed by atoms with Crippen LogP contribution in [0.2, 0.25) is 0 Å². The van der Waals surface area contributed by atoms with Gasteiger partial charge in [-0.05, 0) is 22.4 Å². The number of benzene rings is 2. The topological polar surface area (TPSA) is 0 Å². The average molecular weight is 222 g/mol. The minimum atomic E-state index is 0.921. The molecule has 1 aromatic rings. The maximum atomic E-state index is 5.43. The van der Waals surface area contributed by atoms with E-state index >= 15 is 0 Å². The van der Waals surface area contributed by atoms with Gasteiger partial charge in [0.15, 0.2) is 0 Å². The largest absolute Gasteiger partial charge is 0.0794 e. The zero-order chi connectivity index (χ0) is 11.0. The molecule has 3 rings (SSSR count). The van der Waals surface area contributed by atoms with Crippen molar-refractivity contribution in [2.45, 2.75) is 0 Å². The van der Waals surface area contributed by atoms with E-state index in [1.807, 2.05) is 12.1 Å². The van der Waals surface area contributed by atoms with Crippen LogP contribution >= 0.6 is 12.2 Å².